The van der Waals surface area contributed by atoms with Gasteiger partial charge in [-0.05, 0) is 62.0 Å². The molecule has 0 unspecified atom stereocenters. The highest BCUT2D eigenvalue weighted by atomic mass is 32.2. The maximum atomic E-state index is 12.9. The van der Waals surface area contributed by atoms with E-state index >= 15 is 0 Å². The van der Waals surface area contributed by atoms with Crippen LogP contribution in [0.4, 0.5) is 0 Å². The third kappa shape index (κ3) is 4.66. The quantitative estimate of drug-likeness (QED) is 0.467. The number of thiophene rings is 1. The van der Waals surface area contributed by atoms with Gasteiger partial charge in [0, 0.05) is 35.4 Å². The highest BCUT2D eigenvalue weighted by Crippen LogP contribution is 2.21. The van der Waals surface area contributed by atoms with Crippen molar-refractivity contribution in [2.45, 2.75) is 31.7 Å². The number of carbonyl (C=O) groups is 1. The Balaban J connectivity index is 1.73. The SMILES string of the molecule is COc1ccc(S(=O)(=O)N(C)CC(=O)c2cc(C)n(CCc3cccs3)c2C)cc1. The third-order valence-corrected chi connectivity index (χ3v) is 7.92. The molecule has 0 atom stereocenters. The lowest BCUT2D eigenvalue weighted by Crippen LogP contribution is -2.32. The molecule has 3 aromatic rings. The zero-order chi connectivity index (χ0) is 21.9. The Labute approximate surface area is 181 Å². The second-order valence-corrected chi connectivity index (χ2v) is 10.2. The topological polar surface area (TPSA) is 68.6 Å². The van der Waals surface area contributed by atoms with Gasteiger partial charge in [0.05, 0.1) is 18.6 Å². The van der Waals surface area contributed by atoms with Crippen molar-refractivity contribution in [3.8, 4) is 5.75 Å². The standard InChI is InChI=1S/C22H26N2O4S2/c1-16-14-21(17(2)24(16)12-11-19-6-5-13-29-19)22(25)15-23(3)30(26,27)20-9-7-18(28-4)8-10-20/h5-10,13-14H,11-12,15H2,1-4H3. The zero-order valence-electron chi connectivity index (χ0n) is 17.6. The zero-order valence-corrected chi connectivity index (χ0v) is 19.2. The first-order valence-electron chi connectivity index (χ1n) is 9.56. The van der Waals surface area contributed by atoms with Gasteiger partial charge in [-0.3, -0.25) is 4.79 Å². The monoisotopic (exact) mass is 446 g/mol. The summed E-state index contributed by atoms with van der Waals surface area (Å²) in [5.41, 5.74) is 2.42. The highest BCUT2D eigenvalue weighted by molar-refractivity contribution is 7.89. The largest absolute Gasteiger partial charge is 0.497 e. The first-order chi connectivity index (χ1) is 14.2. The Bertz CT molecular complexity index is 1110. The van der Waals surface area contributed by atoms with Crippen LogP contribution in [0.1, 0.15) is 26.6 Å². The smallest absolute Gasteiger partial charge is 0.243 e. The Kier molecular flexibility index (Phi) is 6.80. The van der Waals surface area contributed by atoms with E-state index in [0.717, 1.165) is 28.7 Å². The molecule has 8 heteroatoms. The summed E-state index contributed by atoms with van der Waals surface area (Å²) in [4.78, 5) is 14.3. The van der Waals surface area contributed by atoms with Crippen LogP contribution in [0.25, 0.3) is 0 Å². The number of aryl methyl sites for hydroxylation is 2. The lowest BCUT2D eigenvalue weighted by atomic mass is 10.1. The second kappa shape index (κ2) is 9.16. The molecule has 30 heavy (non-hydrogen) atoms. The number of methoxy groups -OCH3 is 1. The fourth-order valence-corrected chi connectivity index (χ4v) is 5.23. The van der Waals surface area contributed by atoms with Crippen LogP contribution < -0.4 is 4.74 Å². The van der Waals surface area contributed by atoms with Gasteiger partial charge in [-0.25, -0.2) is 8.42 Å². The van der Waals surface area contributed by atoms with Crippen molar-refractivity contribution in [3.63, 3.8) is 0 Å². The molecule has 1 aromatic carbocycles. The van der Waals surface area contributed by atoms with Gasteiger partial charge in [-0.15, -0.1) is 11.3 Å². The maximum Gasteiger partial charge on any atom is 0.243 e. The molecule has 0 aliphatic carbocycles. The molecule has 0 N–H and O–H groups in total. The van der Waals surface area contributed by atoms with Crippen molar-refractivity contribution in [1.82, 2.24) is 8.87 Å². The molecule has 0 radical (unpaired) electrons. The molecule has 0 saturated carbocycles. The summed E-state index contributed by atoms with van der Waals surface area (Å²) >= 11 is 1.72. The van der Waals surface area contributed by atoms with E-state index < -0.39 is 10.0 Å². The Hall–Kier alpha value is -2.42. The van der Waals surface area contributed by atoms with E-state index in [9.17, 15) is 13.2 Å². The van der Waals surface area contributed by atoms with Crippen LogP contribution in [-0.2, 0) is 23.0 Å². The fourth-order valence-electron chi connectivity index (χ4n) is 3.40. The number of Topliss-reactive ketones (excluding diaryl/α,β-unsaturated/α-hetero) is 1. The van der Waals surface area contributed by atoms with Gasteiger partial charge in [-0.1, -0.05) is 6.07 Å². The average molecular weight is 447 g/mol. The van der Waals surface area contributed by atoms with Crippen molar-refractivity contribution < 1.29 is 17.9 Å². The van der Waals surface area contributed by atoms with Gasteiger partial charge >= 0.3 is 0 Å². The normalized spacial score (nSPS) is 11.8. The van der Waals surface area contributed by atoms with Crippen molar-refractivity contribution in [3.05, 3.63) is 69.7 Å². The summed E-state index contributed by atoms with van der Waals surface area (Å²) in [5, 5.41) is 2.05. The summed E-state index contributed by atoms with van der Waals surface area (Å²) in [6.45, 7) is 4.44. The number of aromatic nitrogens is 1. The van der Waals surface area contributed by atoms with E-state index in [1.54, 1.807) is 23.5 Å². The summed E-state index contributed by atoms with van der Waals surface area (Å²) in [5.74, 6) is 0.354. The van der Waals surface area contributed by atoms with Crippen LogP contribution in [0.15, 0.2) is 52.7 Å². The van der Waals surface area contributed by atoms with Crippen LogP contribution >= 0.6 is 11.3 Å². The van der Waals surface area contributed by atoms with Gasteiger partial charge in [-0.2, -0.15) is 4.31 Å². The molecular formula is C22H26N2O4S2. The van der Waals surface area contributed by atoms with Crippen LogP contribution in [0, 0.1) is 13.8 Å². The fraction of sp³-hybridized carbons (Fsp3) is 0.318. The predicted octanol–water partition coefficient (Wildman–Crippen LogP) is 3.92. The van der Waals surface area contributed by atoms with Crippen LogP contribution in [0.3, 0.4) is 0 Å². The molecule has 2 heterocycles. The number of nitrogens with zero attached hydrogens (tertiary/aromatic N) is 2. The van der Waals surface area contributed by atoms with Gasteiger partial charge in [0.25, 0.3) is 0 Å². The molecule has 160 valence electrons. The molecule has 6 nitrogen and oxygen atoms in total. The average Bonchev–Trinajstić information content (AvgIpc) is 3.34. The molecule has 0 amide bonds. The van der Waals surface area contributed by atoms with E-state index in [-0.39, 0.29) is 17.2 Å². The molecule has 0 saturated heterocycles. The number of benzene rings is 1. The van der Waals surface area contributed by atoms with Gasteiger partial charge in [0.2, 0.25) is 10.0 Å². The number of sulfonamides is 1. The molecular weight excluding hydrogens is 420 g/mol. The number of likely N-dealkylation sites (N-methyl/N-ethyl adjacent to an activating group) is 1. The summed E-state index contributed by atoms with van der Waals surface area (Å²) < 4.78 is 33.9. The van der Waals surface area contributed by atoms with Crippen molar-refractivity contribution in [1.29, 1.82) is 0 Å². The number of hydrogen-bond donors (Lipinski definition) is 0. The molecule has 3 rings (SSSR count). The van der Waals surface area contributed by atoms with Crippen LogP contribution in [-0.4, -0.2) is 43.8 Å². The lowest BCUT2D eigenvalue weighted by Gasteiger charge is -2.17. The lowest BCUT2D eigenvalue weighted by molar-refractivity contribution is 0.0972. The first-order valence-corrected chi connectivity index (χ1v) is 11.9. The minimum absolute atomic E-state index is 0.125. The third-order valence-electron chi connectivity index (χ3n) is 5.17. The van der Waals surface area contributed by atoms with E-state index in [1.165, 1.54) is 31.2 Å². The summed E-state index contributed by atoms with van der Waals surface area (Å²) in [6, 6.07) is 12.1. The molecule has 0 bridgehead atoms. The van der Waals surface area contributed by atoms with E-state index in [0.29, 0.717) is 11.3 Å². The van der Waals surface area contributed by atoms with E-state index in [4.69, 9.17) is 4.74 Å². The van der Waals surface area contributed by atoms with Crippen LogP contribution in [0.5, 0.6) is 5.75 Å². The van der Waals surface area contributed by atoms with E-state index in [2.05, 4.69) is 16.0 Å². The van der Waals surface area contributed by atoms with E-state index in [1.807, 2.05) is 26.0 Å². The minimum Gasteiger partial charge on any atom is -0.497 e. The van der Waals surface area contributed by atoms with Crippen molar-refractivity contribution in [2.75, 3.05) is 20.7 Å². The van der Waals surface area contributed by atoms with Crippen molar-refractivity contribution >= 4 is 27.1 Å². The summed E-state index contributed by atoms with van der Waals surface area (Å²) in [7, 11) is -0.828. The van der Waals surface area contributed by atoms with Crippen LogP contribution in [0.2, 0.25) is 0 Å². The number of carbonyl (C=O) groups excluding carboxylic acids is 1. The Morgan fingerprint density at radius 2 is 1.87 bits per heavy atom. The number of rotatable bonds is 9. The van der Waals surface area contributed by atoms with Gasteiger partial charge < -0.3 is 9.30 Å². The van der Waals surface area contributed by atoms with Gasteiger partial charge in [0.1, 0.15) is 5.75 Å². The Morgan fingerprint density at radius 3 is 2.47 bits per heavy atom. The molecule has 0 spiro atoms. The van der Waals surface area contributed by atoms with Crippen molar-refractivity contribution in [2.24, 2.45) is 0 Å². The number of ketones is 1. The molecule has 0 fully saturated rings. The number of ether oxygens (including phenoxy) is 1. The summed E-state index contributed by atoms with van der Waals surface area (Å²) in [6.07, 6.45) is 0.896. The first kappa shape index (κ1) is 22.3. The predicted molar refractivity (Wildman–Crippen MR) is 119 cm³/mol. The Morgan fingerprint density at radius 1 is 1.17 bits per heavy atom. The number of hydrogen-bond acceptors (Lipinski definition) is 5. The second-order valence-electron chi connectivity index (χ2n) is 7.13. The minimum atomic E-state index is -3.77. The highest BCUT2D eigenvalue weighted by Gasteiger charge is 2.25. The molecule has 0 aliphatic heterocycles. The molecule has 2 aromatic heterocycles. The maximum absolute atomic E-state index is 12.9. The molecule has 0 aliphatic rings. The van der Waals surface area contributed by atoms with Gasteiger partial charge in [0.15, 0.2) is 5.78 Å².